The van der Waals surface area contributed by atoms with E-state index in [0.29, 0.717) is 29.6 Å². The average Bonchev–Trinajstić information content (AvgIpc) is 3.24. The lowest BCUT2D eigenvalue weighted by molar-refractivity contribution is -0.145. The highest BCUT2D eigenvalue weighted by Crippen LogP contribution is 2.28. The van der Waals surface area contributed by atoms with E-state index in [4.69, 9.17) is 4.74 Å². The number of aryl methyl sites for hydroxylation is 1. The molecule has 0 N–H and O–H groups in total. The number of hydrogen-bond donors (Lipinski definition) is 0. The van der Waals surface area contributed by atoms with Crippen LogP contribution >= 0.6 is 0 Å². The van der Waals surface area contributed by atoms with Gasteiger partial charge in [-0.05, 0) is 47.4 Å². The molecule has 8 heteroatoms. The van der Waals surface area contributed by atoms with Gasteiger partial charge in [0.05, 0.1) is 24.3 Å². The van der Waals surface area contributed by atoms with Crippen LogP contribution in [0.25, 0.3) is 11.0 Å². The lowest BCUT2D eigenvalue weighted by Gasteiger charge is -2.23. The zero-order valence-electron chi connectivity index (χ0n) is 16.8. The number of rotatable bonds is 4. The molecule has 1 aliphatic heterocycles. The van der Waals surface area contributed by atoms with E-state index < -0.39 is 6.04 Å². The molecule has 0 spiro atoms. The van der Waals surface area contributed by atoms with Crippen LogP contribution in [-0.2, 0) is 9.53 Å². The van der Waals surface area contributed by atoms with E-state index in [-0.39, 0.29) is 24.0 Å². The molecule has 3 rings (SSSR count). The number of hydrogen-bond acceptors (Lipinski definition) is 6. The van der Waals surface area contributed by atoms with Crippen molar-refractivity contribution < 1.29 is 14.3 Å². The van der Waals surface area contributed by atoms with Crippen molar-refractivity contribution in [1.29, 1.82) is 0 Å². The Bertz CT molecular complexity index is 874. The van der Waals surface area contributed by atoms with Gasteiger partial charge in [0.2, 0.25) is 0 Å². The van der Waals surface area contributed by atoms with Gasteiger partial charge in [-0.1, -0.05) is 0 Å². The van der Waals surface area contributed by atoms with Crippen molar-refractivity contribution in [2.24, 2.45) is 0 Å². The normalized spacial score (nSPS) is 20.1. The van der Waals surface area contributed by atoms with E-state index in [9.17, 15) is 9.59 Å². The number of carbonyl (C=O) groups excluding carboxylic acids is 2. The Morgan fingerprint density at radius 2 is 2.04 bits per heavy atom. The summed E-state index contributed by atoms with van der Waals surface area (Å²) in [5.74, 6) is -0.568. The van der Waals surface area contributed by atoms with Crippen molar-refractivity contribution in [3.63, 3.8) is 0 Å². The van der Waals surface area contributed by atoms with E-state index in [1.165, 1.54) is 7.11 Å². The largest absolute Gasteiger partial charge is 0.467 e. The van der Waals surface area contributed by atoms with Crippen LogP contribution in [-0.4, -0.2) is 76.3 Å². The van der Waals surface area contributed by atoms with E-state index in [1.54, 1.807) is 17.2 Å². The van der Waals surface area contributed by atoms with Crippen molar-refractivity contribution in [2.75, 3.05) is 27.7 Å². The summed E-state index contributed by atoms with van der Waals surface area (Å²) < 4.78 is 6.75. The first-order valence-corrected chi connectivity index (χ1v) is 9.14. The summed E-state index contributed by atoms with van der Waals surface area (Å²) in [6.45, 7) is 6.38. The molecule has 0 aliphatic carbocycles. The molecule has 27 heavy (non-hydrogen) atoms. The third-order valence-corrected chi connectivity index (χ3v) is 5.16. The second kappa shape index (κ2) is 7.26. The maximum Gasteiger partial charge on any atom is 0.328 e. The molecule has 0 saturated carbocycles. The molecule has 0 unspecified atom stereocenters. The monoisotopic (exact) mass is 373 g/mol. The minimum atomic E-state index is -0.585. The van der Waals surface area contributed by atoms with Gasteiger partial charge in [0.15, 0.2) is 5.65 Å². The van der Waals surface area contributed by atoms with Gasteiger partial charge in [-0.25, -0.2) is 14.5 Å². The fraction of sp³-hybridized carbons (Fsp3) is 0.579. The number of nitrogens with zero attached hydrogens (tertiary/aromatic N) is 5. The predicted molar refractivity (Wildman–Crippen MR) is 102 cm³/mol. The van der Waals surface area contributed by atoms with Crippen LogP contribution in [0.15, 0.2) is 12.3 Å². The number of amides is 1. The molecule has 0 aromatic carbocycles. The third kappa shape index (κ3) is 3.41. The van der Waals surface area contributed by atoms with Crippen LogP contribution in [0, 0.1) is 6.92 Å². The molecule has 146 valence electrons. The molecular weight excluding hydrogens is 346 g/mol. The Morgan fingerprint density at radius 1 is 1.33 bits per heavy atom. The summed E-state index contributed by atoms with van der Waals surface area (Å²) in [5, 5.41) is 5.11. The topological polar surface area (TPSA) is 80.6 Å². The Labute approximate surface area is 159 Å². The molecule has 1 amide bonds. The molecule has 1 saturated heterocycles. The second-order valence-electron chi connectivity index (χ2n) is 7.58. The molecule has 1 fully saturated rings. The summed E-state index contributed by atoms with van der Waals surface area (Å²) in [6.07, 6.45) is 2.24. The zero-order valence-corrected chi connectivity index (χ0v) is 16.8. The molecule has 1 aliphatic rings. The number of ether oxygens (including phenoxy) is 1. The average molecular weight is 373 g/mol. The van der Waals surface area contributed by atoms with Crippen molar-refractivity contribution >= 4 is 22.9 Å². The van der Waals surface area contributed by atoms with Gasteiger partial charge in [-0.15, -0.1) is 0 Å². The van der Waals surface area contributed by atoms with E-state index in [2.05, 4.69) is 10.1 Å². The van der Waals surface area contributed by atoms with Crippen molar-refractivity contribution in [3.05, 3.63) is 23.5 Å². The molecule has 2 aromatic rings. The van der Waals surface area contributed by atoms with Crippen LogP contribution in [0.1, 0.15) is 42.4 Å². The standard InChI is InChI=1S/C19H27N5O3/c1-11(2)24-17-15(9-20-24)14(7-12(3)21-17)18(25)23-10-13(22(4)5)8-16(23)19(26)27-6/h7,9,11,13,16H,8,10H2,1-6H3/t13-,16+/m1/s1. The lowest BCUT2D eigenvalue weighted by atomic mass is 10.1. The van der Waals surface area contributed by atoms with Gasteiger partial charge in [0.25, 0.3) is 5.91 Å². The molecule has 2 aromatic heterocycles. The van der Waals surface area contributed by atoms with E-state index >= 15 is 0 Å². The second-order valence-corrected chi connectivity index (χ2v) is 7.58. The van der Waals surface area contributed by atoms with Gasteiger partial charge >= 0.3 is 5.97 Å². The van der Waals surface area contributed by atoms with Crippen molar-refractivity contribution in [2.45, 2.75) is 45.3 Å². The number of likely N-dealkylation sites (tertiary alicyclic amines) is 1. The van der Waals surface area contributed by atoms with Crippen LogP contribution in [0.3, 0.4) is 0 Å². The summed E-state index contributed by atoms with van der Waals surface area (Å²) in [6, 6.07) is 1.43. The van der Waals surface area contributed by atoms with E-state index in [0.717, 1.165) is 5.69 Å². The number of likely N-dealkylation sites (N-methyl/N-ethyl adjacent to an activating group) is 1. The first kappa shape index (κ1) is 19.3. The number of aromatic nitrogens is 3. The first-order chi connectivity index (χ1) is 12.7. The summed E-state index contributed by atoms with van der Waals surface area (Å²) in [7, 11) is 5.26. The first-order valence-electron chi connectivity index (χ1n) is 9.14. The van der Waals surface area contributed by atoms with E-state index in [1.807, 2.05) is 44.4 Å². The van der Waals surface area contributed by atoms with Gasteiger partial charge in [0, 0.05) is 24.3 Å². The number of fused-ring (bicyclic) bond motifs is 1. The summed E-state index contributed by atoms with van der Waals surface area (Å²) in [5.41, 5.74) is 1.95. The smallest absolute Gasteiger partial charge is 0.328 e. The summed E-state index contributed by atoms with van der Waals surface area (Å²) in [4.78, 5) is 33.9. The molecule has 0 radical (unpaired) electrons. The Hall–Kier alpha value is -2.48. The Kier molecular flexibility index (Phi) is 5.19. The molecule has 0 bridgehead atoms. The summed E-state index contributed by atoms with van der Waals surface area (Å²) >= 11 is 0. The quantitative estimate of drug-likeness (QED) is 0.758. The van der Waals surface area contributed by atoms with Gasteiger partial charge in [-0.2, -0.15) is 5.10 Å². The lowest BCUT2D eigenvalue weighted by Crippen LogP contribution is -2.41. The van der Waals surface area contributed by atoms with Crippen LogP contribution in [0.2, 0.25) is 0 Å². The minimum Gasteiger partial charge on any atom is -0.467 e. The van der Waals surface area contributed by atoms with Crippen molar-refractivity contribution in [3.8, 4) is 0 Å². The highest BCUT2D eigenvalue weighted by atomic mass is 16.5. The molecule has 3 heterocycles. The molecule has 2 atom stereocenters. The zero-order chi connectivity index (χ0) is 19.9. The highest BCUT2D eigenvalue weighted by molar-refractivity contribution is 6.06. The Morgan fingerprint density at radius 3 is 2.63 bits per heavy atom. The van der Waals surface area contributed by atoms with Crippen LogP contribution in [0.5, 0.6) is 0 Å². The fourth-order valence-corrected chi connectivity index (χ4v) is 3.62. The minimum absolute atomic E-state index is 0.106. The SMILES string of the molecule is COC(=O)[C@@H]1C[C@@H](N(C)C)CN1C(=O)c1cc(C)nc2c1cnn2C(C)C. The highest BCUT2D eigenvalue weighted by Gasteiger charge is 2.41. The number of pyridine rings is 1. The fourth-order valence-electron chi connectivity index (χ4n) is 3.62. The predicted octanol–water partition coefficient (Wildman–Crippen LogP) is 1.64. The number of esters is 1. The third-order valence-electron chi connectivity index (χ3n) is 5.16. The molecular formula is C19H27N5O3. The maximum absolute atomic E-state index is 13.4. The van der Waals surface area contributed by atoms with Gasteiger partial charge < -0.3 is 14.5 Å². The van der Waals surface area contributed by atoms with Gasteiger partial charge in [0.1, 0.15) is 6.04 Å². The van der Waals surface area contributed by atoms with Gasteiger partial charge in [-0.3, -0.25) is 4.79 Å². The number of carbonyl (C=O) groups is 2. The van der Waals surface area contributed by atoms with Crippen molar-refractivity contribution in [1.82, 2.24) is 24.6 Å². The molecule has 8 nitrogen and oxygen atoms in total. The maximum atomic E-state index is 13.4. The Balaban J connectivity index is 2.05. The number of methoxy groups -OCH3 is 1. The van der Waals surface area contributed by atoms with Crippen LogP contribution in [0.4, 0.5) is 0 Å². The van der Waals surface area contributed by atoms with Crippen LogP contribution < -0.4 is 0 Å².